The molecule has 0 spiro atoms. The smallest absolute Gasteiger partial charge is 0.252 e. The van der Waals surface area contributed by atoms with Crippen LogP contribution in [-0.2, 0) is 14.8 Å². The quantitative estimate of drug-likeness (QED) is 0.837. The molecule has 0 bridgehead atoms. The van der Waals surface area contributed by atoms with Gasteiger partial charge in [-0.15, -0.1) is 11.3 Å². The van der Waals surface area contributed by atoms with Gasteiger partial charge in [0, 0.05) is 36.9 Å². The number of anilines is 1. The van der Waals surface area contributed by atoms with Crippen molar-refractivity contribution in [2.75, 3.05) is 38.0 Å². The SMILES string of the molecule is O=C(CN1CCN(S(=O)(=O)c2cccs2)CC1)Nc1cccc(Cl)c1. The molecule has 0 atom stereocenters. The van der Waals surface area contributed by atoms with E-state index in [-0.39, 0.29) is 12.5 Å². The van der Waals surface area contributed by atoms with E-state index < -0.39 is 10.0 Å². The molecule has 1 aliphatic rings. The second-order valence-electron chi connectivity index (χ2n) is 5.67. The Morgan fingerprint density at radius 3 is 2.56 bits per heavy atom. The minimum atomic E-state index is -3.41. The number of piperazine rings is 1. The predicted octanol–water partition coefficient (Wildman–Crippen LogP) is 2.35. The lowest BCUT2D eigenvalue weighted by molar-refractivity contribution is -0.117. The third-order valence-corrected chi connectivity index (χ3v) is 7.40. The minimum Gasteiger partial charge on any atom is -0.325 e. The van der Waals surface area contributed by atoms with Gasteiger partial charge in [-0.3, -0.25) is 9.69 Å². The molecule has 1 aromatic heterocycles. The molecule has 3 rings (SSSR count). The first-order chi connectivity index (χ1) is 11.9. The summed E-state index contributed by atoms with van der Waals surface area (Å²) in [6, 6.07) is 10.3. The van der Waals surface area contributed by atoms with E-state index >= 15 is 0 Å². The van der Waals surface area contributed by atoms with Crippen molar-refractivity contribution in [1.29, 1.82) is 0 Å². The molecule has 1 amide bonds. The van der Waals surface area contributed by atoms with Gasteiger partial charge in [-0.25, -0.2) is 8.42 Å². The number of hydrogen-bond donors (Lipinski definition) is 1. The largest absolute Gasteiger partial charge is 0.325 e. The van der Waals surface area contributed by atoms with E-state index in [9.17, 15) is 13.2 Å². The number of benzene rings is 1. The Bertz CT molecular complexity index is 832. The average molecular weight is 400 g/mol. The van der Waals surface area contributed by atoms with Gasteiger partial charge in [-0.1, -0.05) is 23.7 Å². The Balaban J connectivity index is 1.52. The summed E-state index contributed by atoms with van der Waals surface area (Å²) in [6.45, 7) is 2.02. The van der Waals surface area contributed by atoms with Crippen LogP contribution in [0.5, 0.6) is 0 Å². The number of nitrogens with one attached hydrogen (secondary N) is 1. The molecule has 1 fully saturated rings. The highest BCUT2D eigenvalue weighted by atomic mass is 35.5. The topological polar surface area (TPSA) is 69.7 Å². The fourth-order valence-corrected chi connectivity index (χ4v) is 5.39. The van der Waals surface area contributed by atoms with E-state index in [1.54, 1.807) is 41.8 Å². The average Bonchev–Trinajstić information content (AvgIpc) is 3.10. The molecule has 0 saturated carbocycles. The fraction of sp³-hybridized carbons (Fsp3) is 0.312. The van der Waals surface area contributed by atoms with Gasteiger partial charge in [0.1, 0.15) is 4.21 Å². The molecule has 0 radical (unpaired) electrons. The lowest BCUT2D eigenvalue weighted by Gasteiger charge is -2.33. The Kier molecular flexibility index (Phi) is 5.75. The van der Waals surface area contributed by atoms with Gasteiger partial charge in [-0.05, 0) is 29.6 Å². The van der Waals surface area contributed by atoms with E-state index in [1.807, 2.05) is 4.90 Å². The molecule has 1 N–H and O–H groups in total. The normalized spacial score (nSPS) is 16.7. The zero-order valence-corrected chi connectivity index (χ0v) is 15.8. The third-order valence-electron chi connectivity index (χ3n) is 3.90. The van der Waals surface area contributed by atoms with Gasteiger partial charge in [0.2, 0.25) is 5.91 Å². The Morgan fingerprint density at radius 1 is 1.16 bits per heavy atom. The van der Waals surface area contributed by atoms with Gasteiger partial charge in [0.05, 0.1) is 6.54 Å². The van der Waals surface area contributed by atoms with Crippen LogP contribution in [0, 0.1) is 0 Å². The summed E-state index contributed by atoms with van der Waals surface area (Å²) < 4.78 is 26.8. The molecular formula is C16H18ClN3O3S2. The van der Waals surface area contributed by atoms with Gasteiger partial charge in [0.25, 0.3) is 10.0 Å². The van der Waals surface area contributed by atoms with E-state index in [1.165, 1.54) is 15.6 Å². The van der Waals surface area contributed by atoms with Crippen LogP contribution in [0.1, 0.15) is 0 Å². The first-order valence-electron chi connectivity index (χ1n) is 7.76. The van der Waals surface area contributed by atoms with E-state index in [4.69, 9.17) is 11.6 Å². The number of nitrogens with zero attached hydrogens (tertiary/aromatic N) is 2. The summed E-state index contributed by atoms with van der Waals surface area (Å²) in [7, 11) is -3.41. The molecule has 0 aliphatic carbocycles. The zero-order chi connectivity index (χ0) is 17.9. The number of halogens is 1. The molecule has 1 aromatic carbocycles. The van der Waals surface area contributed by atoms with Crippen molar-refractivity contribution in [3.63, 3.8) is 0 Å². The summed E-state index contributed by atoms with van der Waals surface area (Å²) in [5.41, 5.74) is 0.649. The Morgan fingerprint density at radius 2 is 1.92 bits per heavy atom. The number of thiophene rings is 1. The Hall–Kier alpha value is -1.45. The molecule has 9 heteroatoms. The van der Waals surface area contributed by atoms with Crippen LogP contribution in [0.15, 0.2) is 46.0 Å². The van der Waals surface area contributed by atoms with Crippen LogP contribution in [0.25, 0.3) is 0 Å². The third kappa shape index (κ3) is 4.59. The minimum absolute atomic E-state index is 0.142. The fourth-order valence-electron chi connectivity index (χ4n) is 2.64. The molecule has 6 nitrogen and oxygen atoms in total. The maximum absolute atomic E-state index is 12.5. The highest BCUT2D eigenvalue weighted by Gasteiger charge is 2.29. The van der Waals surface area contributed by atoms with Crippen LogP contribution < -0.4 is 5.32 Å². The van der Waals surface area contributed by atoms with Crippen molar-refractivity contribution in [3.05, 3.63) is 46.8 Å². The van der Waals surface area contributed by atoms with Crippen molar-refractivity contribution in [2.45, 2.75) is 4.21 Å². The van der Waals surface area contributed by atoms with Crippen molar-refractivity contribution >= 4 is 44.6 Å². The maximum Gasteiger partial charge on any atom is 0.252 e. The van der Waals surface area contributed by atoms with Gasteiger partial charge in [-0.2, -0.15) is 4.31 Å². The van der Waals surface area contributed by atoms with E-state index in [0.717, 1.165) is 0 Å². The lowest BCUT2D eigenvalue weighted by atomic mass is 10.3. The summed E-state index contributed by atoms with van der Waals surface area (Å²) in [6.07, 6.45) is 0. The monoisotopic (exact) mass is 399 g/mol. The maximum atomic E-state index is 12.5. The second kappa shape index (κ2) is 7.84. The highest BCUT2D eigenvalue weighted by Crippen LogP contribution is 2.22. The molecule has 1 saturated heterocycles. The highest BCUT2D eigenvalue weighted by molar-refractivity contribution is 7.91. The molecular weight excluding hydrogens is 382 g/mol. The number of sulfonamides is 1. The summed E-state index contributed by atoms with van der Waals surface area (Å²) in [5.74, 6) is -0.142. The van der Waals surface area contributed by atoms with Gasteiger partial charge < -0.3 is 5.32 Å². The second-order valence-corrected chi connectivity index (χ2v) is 9.22. The van der Waals surface area contributed by atoms with Crippen molar-refractivity contribution in [1.82, 2.24) is 9.21 Å². The molecule has 0 unspecified atom stereocenters. The molecule has 25 heavy (non-hydrogen) atoms. The summed E-state index contributed by atoms with van der Waals surface area (Å²) in [5, 5.41) is 5.11. The van der Waals surface area contributed by atoms with Crippen molar-refractivity contribution in [3.8, 4) is 0 Å². The van der Waals surface area contributed by atoms with Crippen LogP contribution in [0.3, 0.4) is 0 Å². The van der Waals surface area contributed by atoms with Crippen LogP contribution in [0.4, 0.5) is 5.69 Å². The first-order valence-corrected chi connectivity index (χ1v) is 10.5. The van der Waals surface area contributed by atoms with E-state index in [0.29, 0.717) is 41.1 Å². The van der Waals surface area contributed by atoms with Crippen LogP contribution in [0.2, 0.25) is 5.02 Å². The predicted molar refractivity (Wildman–Crippen MR) is 99.6 cm³/mol. The molecule has 134 valence electrons. The number of carbonyl (C=O) groups is 1. The Labute approximate surface area is 156 Å². The number of hydrogen-bond acceptors (Lipinski definition) is 5. The number of rotatable bonds is 5. The van der Waals surface area contributed by atoms with Crippen LogP contribution in [-0.4, -0.2) is 56.3 Å². The lowest BCUT2D eigenvalue weighted by Crippen LogP contribution is -2.50. The number of carbonyl (C=O) groups excluding carboxylic acids is 1. The molecule has 1 aliphatic heterocycles. The van der Waals surface area contributed by atoms with Gasteiger partial charge >= 0.3 is 0 Å². The number of amides is 1. The van der Waals surface area contributed by atoms with Crippen molar-refractivity contribution in [2.24, 2.45) is 0 Å². The first kappa shape index (κ1) is 18.3. The van der Waals surface area contributed by atoms with E-state index in [2.05, 4.69) is 5.32 Å². The zero-order valence-electron chi connectivity index (χ0n) is 13.4. The van der Waals surface area contributed by atoms with Gasteiger partial charge in [0.15, 0.2) is 0 Å². The summed E-state index contributed by atoms with van der Waals surface area (Å²) in [4.78, 5) is 14.1. The summed E-state index contributed by atoms with van der Waals surface area (Å²) >= 11 is 7.12. The standard InChI is InChI=1S/C16H18ClN3O3S2/c17-13-3-1-4-14(11-13)18-15(21)12-19-6-8-20(9-7-19)25(22,23)16-5-2-10-24-16/h1-5,10-11H,6-9,12H2,(H,18,21). The molecule has 2 heterocycles. The van der Waals surface area contributed by atoms with Crippen molar-refractivity contribution < 1.29 is 13.2 Å². The van der Waals surface area contributed by atoms with Crippen LogP contribution >= 0.6 is 22.9 Å². The molecule has 2 aromatic rings.